The Kier molecular flexibility index (Phi) is 54.3. The first-order valence-corrected chi connectivity index (χ1v) is 29.1. The van der Waals surface area contributed by atoms with E-state index in [-0.39, 0.29) is 31.1 Å². The molecule has 1 unspecified atom stereocenters. The summed E-state index contributed by atoms with van der Waals surface area (Å²) < 4.78 is 16.9. The van der Waals surface area contributed by atoms with Crippen LogP contribution in [-0.2, 0) is 28.6 Å². The van der Waals surface area contributed by atoms with E-state index < -0.39 is 6.10 Å². The molecule has 0 rings (SSSR count). The van der Waals surface area contributed by atoms with Crippen molar-refractivity contribution in [1.29, 1.82) is 0 Å². The third-order valence-corrected chi connectivity index (χ3v) is 12.4. The monoisotopic (exact) mass is 961 g/mol. The van der Waals surface area contributed by atoms with Crippen LogP contribution in [0.3, 0.4) is 0 Å². The zero-order valence-electron chi connectivity index (χ0n) is 45.3. The lowest BCUT2D eigenvalue weighted by Crippen LogP contribution is -2.30. The molecule has 0 aliphatic heterocycles. The fraction of sp³-hybridized carbons (Fsp3) is 0.730. The van der Waals surface area contributed by atoms with Crippen LogP contribution in [0.1, 0.15) is 278 Å². The van der Waals surface area contributed by atoms with E-state index in [1.54, 1.807) is 0 Å². The van der Waals surface area contributed by atoms with E-state index in [0.29, 0.717) is 19.3 Å². The van der Waals surface area contributed by atoms with Crippen LogP contribution >= 0.6 is 0 Å². The summed E-state index contributed by atoms with van der Waals surface area (Å²) in [6, 6.07) is 0. The van der Waals surface area contributed by atoms with Crippen LogP contribution in [0.4, 0.5) is 0 Å². The van der Waals surface area contributed by atoms with Gasteiger partial charge in [-0.2, -0.15) is 0 Å². The number of unbranched alkanes of at least 4 members (excludes halogenated alkanes) is 27. The molecule has 0 amide bonds. The van der Waals surface area contributed by atoms with E-state index in [1.807, 2.05) is 0 Å². The summed E-state index contributed by atoms with van der Waals surface area (Å²) in [6.07, 6.45) is 74.3. The molecule has 0 N–H and O–H groups in total. The molecule has 6 nitrogen and oxygen atoms in total. The molecule has 0 heterocycles. The second-order valence-corrected chi connectivity index (χ2v) is 19.1. The van der Waals surface area contributed by atoms with Crippen LogP contribution < -0.4 is 0 Å². The molecule has 0 spiro atoms. The number of rotatable bonds is 52. The first-order valence-electron chi connectivity index (χ1n) is 29.1. The highest BCUT2D eigenvalue weighted by atomic mass is 16.6. The van der Waals surface area contributed by atoms with Gasteiger partial charge in [-0.25, -0.2) is 0 Å². The van der Waals surface area contributed by atoms with E-state index in [4.69, 9.17) is 14.2 Å². The maximum Gasteiger partial charge on any atom is 0.306 e. The van der Waals surface area contributed by atoms with Crippen molar-refractivity contribution in [3.63, 3.8) is 0 Å². The van der Waals surface area contributed by atoms with Crippen molar-refractivity contribution in [2.45, 2.75) is 284 Å². The van der Waals surface area contributed by atoms with Gasteiger partial charge in [-0.15, -0.1) is 0 Å². The molecule has 0 radical (unpaired) electrons. The third kappa shape index (κ3) is 55.4. The van der Waals surface area contributed by atoms with Crippen molar-refractivity contribution >= 4 is 17.9 Å². The Labute approximate surface area is 426 Å². The highest BCUT2D eigenvalue weighted by molar-refractivity contribution is 5.71. The van der Waals surface area contributed by atoms with Gasteiger partial charge in [-0.1, -0.05) is 254 Å². The molecule has 0 aromatic rings. The minimum absolute atomic E-state index is 0.0898. The van der Waals surface area contributed by atoms with E-state index in [1.165, 1.54) is 116 Å². The molecule has 0 bridgehead atoms. The predicted molar refractivity (Wildman–Crippen MR) is 297 cm³/mol. The third-order valence-electron chi connectivity index (χ3n) is 12.4. The lowest BCUT2D eigenvalue weighted by Gasteiger charge is -2.18. The molecule has 1 atom stereocenters. The van der Waals surface area contributed by atoms with Crippen LogP contribution in [0.25, 0.3) is 0 Å². The Morgan fingerprint density at radius 2 is 0.565 bits per heavy atom. The Bertz CT molecular complexity index is 1330. The minimum atomic E-state index is -0.791. The average molecular weight is 962 g/mol. The van der Waals surface area contributed by atoms with Crippen LogP contribution in [-0.4, -0.2) is 37.2 Å². The summed E-state index contributed by atoms with van der Waals surface area (Å²) in [6.45, 7) is 6.41. The Hall–Kier alpha value is -3.41. The average Bonchev–Trinajstić information content (AvgIpc) is 3.35. The Morgan fingerprint density at radius 1 is 0.304 bits per heavy atom. The molecule has 0 fully saturated rings. The lowest BCUT2D eigenvalue weighted by atomic mass is 10.0. The fourth-order valence-corrected chi connectivity index (χ4v) is 8.10. The maximum atomic E-state index is 12.9. The van der Waals surface area contributed by atoms with E-state index in [9.17, 15) is 14.4 Å². The SMILES string of the molecule is CC/C=C\C/C=C\C/C=C\C/C=C\CCCCCCCCC(=O)OCC(COC(=O)CCCCCC/C=C\C/C=C\C/C=C\CC)OC(=O)CCCCCCCCCCCCCCCCCCCC. The van der Waals surface area contributed by atoms with Crippen molar-refractivity contribution in [2.75, 3.05) is 13.2 Å². The molecule has 0 aliphatic carbocycles. The number of hydrogen-bond donors (Lipinski definition) is 0. The predicted octanol–water partition coefficient (Wildman–Crippen LogP) is 19.5. The van der Waals surface area contributed by atoms with Gasteiger partial charge >= 0.3 is 17.9 Å². The summed E-state index contributed by atoms with van der Waals surface area (Å²) in [5, 5.41) is 0. The van der Waals surface area contributed by atoms with E-state index in [2.05, 4.69) is 106 Å². The molecule has 0 aliphatic rings. The Balaban J connectivity index is 4.41. The molecule has 0 saturated carbocycles. The highest BCUT2D eigenvalue weighted by Crippen LogP contribution is 2.16. The van der Waals surface area contributed by atoms with Gasteiger partial charge in [0.25, 0.3) is 0 Å². The number of carbonyl (C=O) groups is 3. The van der Waals surface area contributed by atoms with Gasteiger partial charge in [0.05, 0.1) is 0 Å². The van der Waals surface area contributed by atoms with Gasteiger partial charge in [0.1, 0.15) is 13.2 Å². The van der Waals surface area contributed by atoms with Gasteiger partial charge in [-0.3, -0.25) is 14.4 Å². The molecule has 0 saturated heterocycles. The fourth-order valence-electron chi connectivity index (χ4n) is 8.10. The van der Waals surface area contributed by atoms with Gasteiger partial charge in [0.15, 0.2) is 6.10 Å². The van der Waals surface area contributed by atoms with E-state index >= 15 is 0 Å². The van der Waals surface area contributed by atoms with Crippen LogP contribution in [0, 0.1) is 0 Å². The maximum absolute atomic E-state index is 12.9. The zero-order valence-corrected chi connectivity index (χ0v) is 45.3. The van der Waals surface area contributed by atoms with Crippen LogP contribution in [0.2, 0.25) is 0 Å². The van der Waals surface area contributed by atoms with Crippen LogP contribution in [0.5, 0.6) is 0 Å². The topological polar surface area (TPSA) is 78.9 Å². The largest absolute Gasteiger partial charge is 0.462 e. The summed E-state index contributed by atoms with van der Waals surface area (Å²) >= 11 is 0. The van der Waals surface area contributed by atoms with Crippen molar-refractivity contribution in [3.05, 3.63) is 85.1 Å². The molecule has 69 heavy (non-hydrogen) atoms. The lowest BCUT2D eigenvalue weighted by molar-refractivity contribution is -0.167. The van der Waals surface area contributed by atoms with Gasteiger partial charge in [-0.05, 0) is 89.9 Å². The van der Waals surface area contributed by atoms with E-state index in [0.717, 1.165) is 122 Å². The minimum Gasteiger partial charge on any atom is -0.462 e. The summed E-state index contributed by atoms with van der Waals surface area (Å²) in [5.41, 5.74) is 0. The summed E-state index contributed by atoms with van der Waals surface area (Å²) in [4.78, 5) is 38.2. The van der Waals surface area contributed by atoms with Crippen molar-refractivity contribution in [1.82, 2.24) is 0 Å². The second kappa shape index (κ2) is 57.2. The zero-order chi connectivity index (χ0) is 50.0. The molecule has 396 valence electrons. The molecule has 0 aromatic carbocycles. The first kappa shape index (κ1) is 65.6. The standard InChI is InChI=1S/C63H108O6/c1-4-7-10-13-16-19-22-25-28-30-32-34-35-38-41-44-47-50-53-56-62(65)68-59-60(58-67-61(64)55-52-49-46-43-40-37-27-24-21-18-15-12-9-6-3)69-63(66)57-54-51-48-45-42-39-36-33-31-29-26-23-20-17-14-11-8-5-2/h7,9-10,12,16,18-19,21,25,27-28,32,34,37,60H,4-6,8,11,13-15,17,20,22-24,26,29-31,33,35-36,38-59H2,1-3H3/b10-7-,12-9-,19-16-,21-18-,28-25-,34-32-,37-27-. The quantitative estimate of drug-likeness (QED) is 0.0262. The normalized spacial score (nSPS) is 12.7. The number of carbonyl (C=O) groups excluding carboxylic acids is 3. The molecule has 0 aromatic heterocycles. The Morgan fingerprint density at radius 3 is 0.884 bits per heavy atom. The summed E-state index contributed by atoms with van der Waals surface area (Å²) in [5.74, 6) is -0.916. The van der Waals surface area contributed by atoms with Crippen molar-refractivity contribution in [3.8, 4) is 0 Å². The number of ether oxygens (including phenoxy) is 3. The first-order chi connectivity index (χ1) is 34.0. The number of allylic oxidation sites excluding steroid dienone is 14. The van der Waals surface area contributed by atoms with Gasteiger partial charge < -0.3 is 14.2 Å². The molecular weight excluding hydrogens is 853 g/mol. The molecular formula is C63H108O6. The van der Waals surface area contributed by atoms with Crippen LogP contribution in [0.15, 0.2) is 85.1 Å². The van der Waals surface area contributed by atoms with Gasteiger partial charge in [0.2, 0.25) is 0 Å². The highest BCUT2D eigenvalue weighted by Gasteiger charge is 2.19. The number of hydrogen-bond acceptors (Lipinski definition) is 6. The number of esters is 3. The molecule has 6 heteroatoms. The van der Waals surface area contributed by atoms with Crippen molar-refractivity contribution < 1.29 is 28.6 Å². The van der Waals surface area contributed by atoms with Gasteiger partial charge in [0, 0.05) is 19.3 Å². The smallest absolute Gasteiger partial charge is 0.306 e. The van der Waals surface area contributed by atoms with Crippen molar-refractivity contribution in [2.24, 2.45) is 0 Å². The summed E-state index contributed by atoms with van der Waals surface area (Å²) in [7, 11) is 0. The second-order valence-electron chi connectivity index (χ2n) is 19.1.